The van der Waals surface area contributed by atoms with Crippen molar-refractivity contribution in [2.75, 3.05) is 12.8 Å². The molecule has 2 heterocycles. The Morgan fingerprint density at radius 1 is 1.16 bits per heavy atom. The number of thioether (sulfide) groups is 1. The molecule has 0 saturated heterocycles. The van der Waals surface area contributed by atoms with Crippen molar-refractivity contribution in [3.63, 3.8) is 0 Å². The monoisotopic (exact) mass is 438 g/mol. The van der Waals surface area contributed by atoms with Gasteiger partial charge >= 0.3 is 6.03 Å². The molecule has 0 spiro atoms. The lowest BCUT2D eigenvalue weighted by Crippen LogP contribution is -2.46. The van der Waals surface area contributed by atoms with Crippen LogP contribution in [0.15, 0.2) is 63.6 Å². The van der Waals surface area contributed by atoms with Gasteiger partial charge in [0.1, 0.15) is 5.82 Å². The maximum atomic E-state index is 13.3. The molecule has 0 saturated carbocycles. The van der Waals surface area contributed by atoms with Crippen molar-refractivity contribution in [2.45, 2.75) is 31.2 Å². The van der Waals surface area contributed by atoms with Crippen molar-refractivity contribution >= 4 is 23.4 Å². The van der Waals surface area contributed by atoms with Crippen molar-refractivity contribution in [3.05, 3.63) is 71.5 Å². The third kappa shape index (κ3) is 4.20. The van der Waals surface area contributed by atoms with Gasteiger partial charge in [-0.05, 0) is 61.6 Å². The molecule has 1 aromatic heterocycles. The van der Waals surface area contributed by atoms with Gasteiger partial charge in [-0.2, -0.15) is 4.98 Å². The number of nitrogens with one attached hydrogen (secondary N) is 1. The van der Waals surface area contributed by atoms with Crippen LogP contribution < -0.4 is 5.32 Å². The quantitative estimate of drug-likeness (QED) is 0.514. The van der Waals surface area contributed by atoms with Gasteiger partial charge in [0, 0.05) is 22.7 Å². The summed E-state index contributed by atoms with van der Waals surface area (Å²) in [5.74, 6) is 0.368. The summed E-state index contributed by atoms with van der Waals surface area (Å²) >= 11 is 1.66. The number of hydrogen-bond acceptors (Lipinski definition) is 5. The molecule has 2 amide bonds. The standard InChI is InChI=1S/C23H23FN4O2S/c1-4-13-28-14(2)19(20(25-23(28)29)15-7-11-18(31-3)12-8-15)22-26-21(27-30-22)16-5-9-17(24)10-6-16/h5-12,20H,4,13H2,1-3H3,(H,25,29). The molecule has 1 atom stereocenters. The number of amides is 2. The zero-order valence-corrected chi connectivity index (χ0v) is 18.4. The number of allylic oxidation sites excluding steroid dienone is 1. The van der Waals surface area contributed by atoms with E-state index in [1.807, 2.05) is 44.4 Å². The minimum absolute atomic E-state index is 0.152. The molecule has 1 aliphatic rings. The van der Waals surface area contributed by atoms with Crippen LogP contribution in [-0.2, 0) is 0 Å². The molecule has 2 aromatic carbocycles. The molecule has 8 heteroatoms. The van der Waals surface area contributed by atoms with E-state index in [1.54, 1.807) is 28.8 Å². The van der Waals surface area contributed by atoms with Crippen LogP contribution in [0.4, 0.5) is 9.18 Å². The number of aromatic nitrogens is 2. The second-order valence-corrected chi connectivity index (χ2v) is 8.12. The summed E-state index contributed by atoms with van der Waals surface area (Å²) in [4.78, 5) is 20.2. The topological polar surface area (TPSA) is 71.3 Å². The highest BCUT2D eigenvalue weighted by atomic mass is 32.2. The van der Waals surface area contributed by atoms with Gasteiger partial charge in [-0.15, -0.1) is 11.8 Å². The SMILES string of the molecule is CCCN1C(=O)NC(c2ccc(SC)cc2)C(c2nc(-c3ccc(F)cc3)no2)=C1C. The molecule has 1 unspecified atom stereocenters. The summed E-state index contributed by atoms with van der Waals surface area (Å²) in [6.07, 6.45) is 2.83. The molecule has 0 aliphatic carbocycles. The summed E-state index contributed by atoms with van der Waals surface area (Å²) in [7, 11) is 0. The van der Waals surface area contributed by atoms with Crippen molar-refractivity contribution < 1.29 is 13.7 Å². The minimum atomic E-state index is -0.418. The normalized spacial score (nSPS) is 16.6. The molecule has 0 radical (unpaired) electrons. The first-order chi connectivity index (χ1) is 15.0. The van der Waals surface area contributed by atoms with Crippen LogP contribution in [0.5, 0.6) is 0 Å². The molecule has 0 fully saturated rings. The lowest BCUT2D eigenvalue weighted by molar-refractivity contribution is 0.205. The molecule has 31 heavy (non-hydrogen) atoms. The van der Waals surface area contributed by atoms with Gasteiger partial charge in [0.2, 0.25) is 5.82 Å². The average Bonchev–Trinajstić information content (AvgIpc) is 3.26. The van der Waals surface area contributed by atoms with E-state index in [-0.39, 0.29) is 11.8 Å². The molecule has 160 valence electrons. The number of carbonyl (C=O) groups excluding carboxylic acids is 1. The van der Waals surface area contributed by atoms with Crippen LogP contribution in [-0.4, -0.2) is 33.9 Å². The van der Waals surface area contributed by atoms with E-state index in [2.05, 4.69) is 15.5 Å². The van der Waals surface area contributed by atoms with Crippen LogP contribution in [0.25, 0.3) is 17.0 Å². The summed E-state index contributed by atoms with van der Waals surface area (Å²) in [5.41, 5.74) is 3.11. The summed E-state index contributed by atoms with van der Waals surface area (Å²) in [5, 5.41) is 7.18. The highest BCUT2D eigenvalue weighted by Crippen LogP contribution is 2.37. The third-order valence-corrected chi connectivity index (χ3v) is 6.00. The number of nitrogens with zero attached hydrogens (tertiary/aromatic N) is 3. The van der Waals surface area contributed by atoms with Crippen molar-refractivity contribution in [1.82, 2.24) is 20.4 Å². The Labute approximate surface area is 184 Å². The Morgan fingerprint density at radius 2 is 1.87 bits per heavy atom. The summed E-state index contributed by atoms with van der Waals surface area (Å²) < 4.78 is 18.9. The molecule has 1 aliphatic heterocycles. The Kier molecular flexibility index (Phi) is 6.08. The number of hydrogen-bond donors (Lipinski definition) is 1. The maximum absolute atomic E-state index is 13.3. The first-order valence-corrected chi connectivity index (χ1v) is 11.3. The third-order valence-electron chi connectivity index (χ3n) is 5.25. The fourth-order valence-electron chi connectivity index (χ4n) is 3.65. The van der Waals surface area contributed by atoms with Crippen molar-refractivity contribution in [1.29, 1.82) is 0 Å². The highest BCUT2D eigenvalue weighted by Gasteiger charge is 2.35. The number of carbonyl (C=O) groups is 1. The van der Waals surface area contributed by atoms with Gasteiger partial charge in [-0.1, -0.05) is 24.2 Å². The molecule has 6 nitrogen and oxygen atoms in total. The fraction of sp³-hybridized carbons (Fsp3) is 0.261. The fourth-order valence-corrected chi connectivity index (χ4v) is 4.05. The van der Waals surface area contributed by atoms with Crippen LogP contribution >= 0.6 is 11.8 Å². The average molecular weight is 439 g/mol. The number of urea groups is 1. The number of benzene rings is 2. The van der Waals surface area contributed by atoms with E-state index >= 15 is 0 Å². The number of rotatable bonds is 6. The molecular formula is C23H23FN4O2S. The first-order valence-electron chi connectivity index (χ1n) is 10.0. The van der Waals surface area contributed by atoms with Gasteiger partial charge in [0.15, 0.2) is 0 Å². The van der Waals surface area contributed by atoms with E-state index in [1.165, 1.54) is 12.1 Å². The Hall–Kier alpha value is -3.13. The number of halogens is 1. The summed E-state index contributed by atoms with van der Waals surface area (Å²) in [6.45, 7) is 4.50. The zero-order valence-electron chi connectivity index (χ0n) is 17.6. The Morgan fingerprint density at radius 3 is 2.52 bits per heavy atom. The van der Waals surface area contributed by atoms with Gasteiger partial charge in [0.25, 0.3) is 5.89 Å². The molecule has 0 bridgehead atoms. The molecule has 1 N–H and O–H groups in total. The molecule has 3 aromatic rings. The molecule has 4 rings (SSSR count). The van der Waals surface area contributed by atoms with Crippen LogP contribution in [0.3, 0.4) is 0 Å². The lowest BCUT2D eigenvalue weighted by atomic mass is 9.94. The summed E-state index contributed by atoms with van der Waals surface area (Å²) in [6, 6.07) is 13.4. The van der Waals surface area contributed by atoms with Crippen LogP contribution in [0, 0.1) is 5.82 Å². The predicted molar refractivity (Wildman–Crippen MR) is 119 cm³/mol. The highest BCUT2D eigenvalue weighted by molar-refractivity contribution is 7.98. The second kappa shape index (κ2) is 8.93. The predicted octanol–water partition coefficient (Wildman–Crippen LogP) is 5.51. The second-order valence-electron chi connectivity index (χ2n) is 7.24. The van der Waals surface area contributed by atoms with E-state index in [9.17, 15) is 9.18 Å². The molecular weight excluding hydrogens is 415 g/mol. The zero-order chi connectivity index (χ0) is 22.0. The lowest BCUT2D eigenvalue weighted by Gasteiger charge is -2.35. The Bertz CT molecular complexity index is 1110. The minimum Gasteiger partial charge on any atom is -0.334 e. The Balaban J connectivity index is 1.79. The van der Waals surface area contributed by atoms with E-state index in [4.69, 9.17) is 4.52 Å². The van der Waals surface area contributed by atoms with E-state index in [0.717, 1.165) is 28.1 Å². The van der Waals surface area contributed by atoms with Gasteiger partial charge < -0.3 is 9.84 Å². The van der Waals surface area contributed by atoms with Gasteiger partial charge in [-0.25, -0.2) is 9.18 Å². The van der Waals surface area contributed by atoms with Crippen molar-refractivity contribution in [3.8, 4) is 11.4 Å². The van der Waals surface area contributed by atoms with Crippen LogP contribution in [0.2, 0.25) is 0 Å². The van der Waals surface area contributed by atoms with Gasteiger partial charge in [0.05, 0.1) is 11.6 Å². The van der Waals surface area contributed by atoms with Crippen LogP contribution in [0.1, 0.15) is 37.8 Å². The van der Waals surface area contributed by atoms with Crippen molar-refractivity contribution in [2.24, 2.45) is 0 Å². The largest absolute Gasteiger partial charge is 0.334 e. The smallest absolute Gasteiger partial charge is 0.322 e. The first kappa shape index (κ1) is 21.1. The van der Waals surface area contributed by atoms with Gasteiger partial charge in [-0.3, -0.25) is 4.90 Å². The van der Waals surface area contributed by atoms with E-state index in [0.29, 0.717) is 23.8 Å². The van der Waals surface area contributed by atoms with E-state index < -0.39 is 6.04 Å². The maximum Gasteiger partial charge on any atom is 0.322 e.